The van der Waals surface area contributed by atoms with Crippen molar-refractivity contribution in [1.82, 2.24) is 10.2 Å². The highest BCUT2D eigenvalue weighted by atomic mass is 35.5. The quantitative estimate of drug-likeness (QED) is 0.626. The summed E-state index contributed by atoms with van der Waals surface area (Å²) in [5, 5.41) is 3.45. The zero-order valence-corrected chi connectivity index (χ0v) is 20.0. The minimum atomic E-state index is -0.652. The summed E-state index contributed by atoms with van der Waals surface area (Å²) in [5.41, 5.74) is 2.08. The number of hydrogen-bond donors (Lipinski definition) is 1. The van der Waals surface area contributed by atoms with Crippen LogP contribution in [0.1, 0.15) is 52.7 Å². The second kappa shape index (κ2) is 10.7. The molecule has 0 fully saturated rings. The molecule has 168 valence electrons. The molecule has 0 unspecified atom stereocenters. The first-order valence-corrected chi connectivity index (χ1v) is 10.9. The fraction of sp³-hybridized carbons (Fsp3) is 0.440. The molecule has 1 atom stereocenters. The van der Waals surface area contributed by atoms with Gasteiger partial charge in [0.1, 0.15) is 11.8 Å². The van der Waals surface area contributed by atoms with Gasteiger partial charge in [-0.25, -0.2) is 0 Å². The lowest BCUT2D eigenvalue weighted by molar-refractivity contribution is -0.142. The summed E-state index contributed by atoms with van der Waals surface area (Å²) in [6, 6.07) is 14.3. The van der Waals surface area contributed by atoms with Crippen LogP contribution in [-0.2, 0) is 21.5 Å². The van der Waals surface area contributed by atoms with Crippen molar-refractivity contribution in [1.29, 1.82) is 0 Å². The number of nitrogens with one attached hydrogen (secondary N) is 1. The van der Waals surface area contributed by atoms with Crippen molar-refractivity contribution in [3.05, 3.63) is 64.7 Å². The van der Waals surface area contributed by atoms with Gasteiger partial charge in [0.15, 0.2) is 6.61 Å². The van der Waals surface area contributed by atoms with Crippen LogP contribution in [0.4, 0.5) is 0 Å². The van der Waals surface area contributed by atoms with Crippen LogP contribution in [0.5, 0.6) is 5.75 Å². The summed E-state index contributed by atoms with van der Waals surface area (Å²) < 4.78 is 5.74. The van der Waals surface area contributed by atoms with Crippen molar-refractivity contribution in [3.63, 3.8) is 0 Å². The van der Waals surface area contributed by atoms with Crippen molar-refractivity contribution in [3.8, 4) is 5.75 Å². The van der Waals surface area contributed by atoms with Gasteiger partial charge in [-0.3, -0.25) is 9.59 Å². The van der Waals surface area contributed by atoms with Crippen LogP contribution < -0.4 is 10.1 Å². The standard InChI is InChI=1S/C25H33ClN2O3/c1-17(2)27-24(30)18(3)28(15-19-8-7-9-21(26)14-19)23(29)16-31-22-12-10-20(11-13-22)25(4,5)6/h7-14,17-18H,15-16H2,1-6H3,(H,27,30)/t18-/m1/s1. The fourth-order valence-corrected chi connectivity index (χ4v) is 3.31. The number of carbonyl (C=O) groups is 2. The van der Waals surface area contributed by atoms with Crippen molar-refractivity contribution in [2.75, 3.05) is 6.61 Å². The molecule has 2 rings (SSSR count). The lowest BCUT2D eigenvalue weighted by atomic mass is 9.87. The van der Waals surface area contributed by atoms with E-state index in [-0.39, 0.29) is 36.4 Å². The van der Waals surface area contributed by atoms with Gasteiger partial charge in [0, 0.05) is 17.6 Å². The van der Waals surface area contributed by atoms with Crippen LogP contribution in [0.25, 0.3) is 0 Å². The highest BCUT2D eigenvalue weighted by molar-refractivity contribution is 6.30. The maximum atomic E-state index is 13.1. The van der Waals surface area contributed by atoms with E-state index in [1.54, 1.807) is 19.1 Å². The monoisotopic (exact) mass is 444 g/mol. The number of halogens is 1. The molecule has 5 nitrogen and oxygen atoms in total. The molecule has 2 amide bonds. The van der Waals surface area contributed by atoms with Gasteiger partial charge in [0.05, 0.1) is 0 Å². The first-order chi connectivity index (χ1) is 14.5. The molecule has 6 heteroatoms. The maximum Gasteiger partial charge on any atom is 0.261 e. The Balaban J connectivity index is 2.14. The van der Waals surface area contributed by atoms with E-state index < -0.39 is 6.04 Å². The average Bonchev–Trinajstić information content (AvgIpc) is 2.69. The van der Waals surface area contributed by atoms with E-state index in [0.29, 0.717) is 10.8 Å². The Morgan fingerprint density at radius 3 is 2.26 bits per heavy atom. The Kier molecular flexibility index (Phi) is 8.52. The van der Waals surface area contributed by atoms with Crippen LogP contribution in [0.15, 0.2) is 48.5 Å². The molecule has 0 aliphatic rings. The zero-order valence-electron chi connectivity index (χ0n) is 19.2. The summed E-state index contributed by atoms with van der Waals surface area (Å²) in [6.07, 6.45) is 0. The number of carbonyl (C=O) groups excluding carboxylic acids is 2. The topological polar surface area (TPSA) is 58.6 Å². The fourth-order valence-electron chi connectivity index (χ4n) is 3.10. The van der Waals surface area contributed by atoms with E-state index in [1.165, 1.54) is 10.5 Å². The van der Waals surface area contributed by atoms with E-state index in [4.69, 9.17) is 16.3 Å². The summed E-state index contributed by atoms with van der Waals surface area (Å²) in [6.45, 7) is 12.0. The van der Waals surface area contributed by atoms with E-state index >= 15 is 0 Å². The van der Waals surface area contributed by atoms with E-state index in [1.807, 2.05) is 50.2 Å². The molecule has 0 heterocycles. The van der Waals surface area contributed by atoms with Crippen LogP contribution in [0.2, 0.25) is 5.02 Å². The molecule has 1 N–H and O–H groups in total. The minimum absolute atomic E-state index is 0.0179. The largest absolute Gasteiger partial charge is 0.484 e. The molecule has 0 spiro atoms. The van der Waals surface area contributed by atoms with Gasteiger partial charge in [-0.1, -0.05) is 56.6 Å². The van der Waals surface area contributed by atoms with Gasteiger partial charge < -0.3 is 15.0 Å². The predicted octanol–water partition coefficient (Wildman–Crippen LogP) is 4.96. The van der Waals surface area contributed by atoms with Gasteiger partial charge in [0.2, 0.25) is 5.91 Å². The average molecular weight is 445 g/mol. The number of rotatable bonds is 8. The Morgan fingerprint density at radius 1 is 1.06 bits per heavy atom. The molecule has 2 aromatic rings. The Morgan fingerprint density at radius 2 is 1.71 bits per heavy atom. The predicted molar refractivity (Wildman–Crippen MR) is 125 cm³/mol. The number of nitrogens with zero attached hydrogens (tertiary/aromatic N) is 1. The van der Waals surface area contributed by atoms with Gasteiger partial charge in [-0.15, -0.1) is 0 Å². The lowest BCUT2D eigenvalue weighted by Gasteiger charge is -2.29. The molecule has 0 aliphatic heterocycles. The van der Waals surface area contributed by atoms with Crippen LogP contribution in [0.3, 0.4) is 0 Å². The smallest absolute Gasteiger partial charge is 0.261 e. The Labute approximate surface area is 190 Å². The number of benzene rings is 2. The van der Waals surface area contributed by atoms with Gasteiger partial charge in [-0.05, 0) is 61.6 Å². The van der Waals surface area contributed by atoms with Crippen molar-refractivity contribution < 1.29 is 14.3 Å². The molecule has 2 aromatic carbocycles. The first kappa shape index (κ1) is 24.7. The van der Waals surface area contributed by atoms with Crippen LogP contribution >= 0.6 is 11.6 Å². The highest BCUT2D eigenvalue weighted by Gasteiger charge is 2.27. The molecule has 0 saturated carbocycles. The number of ether oxygens (including phenoxy) is 1. The van der Waals surface area contributed by atoms with E-state index in [2.05, 4.69) is 26.1 Å². The van der Waals surface area contributed by atoms with Crippen molar-refractivity contribution in [2.45, 2.75) is 65.6 Å². The first-order valence-electron chi connectivity index (χ1n) is 10.5. The molecule has 0 saturated heterocycles. The van der Waals surface area contributed by atoms with Crippen LogP contribution in [0, 0.1) is 0 Å². The number of hydrogen-bond acceptors (Lipinski definition) is 3. The highest BCUT2D eigenvalue weighted by Crippen LogP contribution is 2.24. The molecule has 0 radical (unpaired) electrons. The molecule has 0 aromatic heterocycles. The molecular weight excluding hydrogens is 412 g/mol. The summed E-state index contributed by atoms with van der Waals surface area (Å²) in [5.74, 6) is 0.134. The second-order valence-corrected chi connectivity index (χ2v) is 9.49. The zero-order chi connectivity index (χ0) is 23.2. The molecule has 0 bridgehead atoms. The molecular formula is C25H33ClN2O3. The Hall–Kier alpha value is -2.53. The number of amides is 2. The molecule has 31 heavy (non-hydrogen) atoms. The van der Waals surface area contributed by atoms with Gasteiger partial charge in [-0.2, -0.15) is 0 Å². The third-order valence-corrected chi connectivity index (χ3v) is 5.16. The van der Waals surface area contributed by atoms with E-state index in [0.717, 1.165) is 5.56 Å². The maximum absolute atomic E-state index is 13.1. The Bertz CT molecular complexity index is 888. The van der Waals surface area contributed by atoms with E-state index in [9.17, 15) is 9.59 Å². The second-order valence-electron chi connectivity index (χ2n) is 9.05. The third-order valence-electron chi connectivity index (χ3n) is 4.92. The van der Waals surface area contributed by atoms with Gasteiger partial charge >= 0.3 is 0 Å². The van der Waals surface area contributed by atoms with Crippen molar-refractivity contribution >= 4 is 23.4 Å². The normalized spacial score (nSPS) is 12.4. The SMILES string of the molecule is CC(C)NC(=O)[C@@H](C)N(Cc1cccc(Cl)c1)C(=O)COc1ccc(C(C)(C)C)cc1. The summed E-state index contributed by atoms with van der Waals surface area (Å²) in [4.78, 5) is 27.2. The molecule has 0 aliphatic carbocycles. The minimum Gasteiger partial charge on any atom is -0.484 e. The van der Waals surface area contributed by atoms with Gasteiger partial charge in [0.25, 0.3) is 5.91 Å². The summed E-state index contributed by atoms with van der Waals surface area (Å²) in [7, 11) is 0. The van der Waals surface area contributed by atoms with Crippen LogP contribution in [-0.4, -0.2) is 35.4 Å². The lowest BCUT2D eigenvalue weighted by Crippen LogP contribution is -2.50. The van der Waals surface area contributed by atoms with Crippen molar-refractivity contribution in [2.24, 2.45) is 0 Å². The third kappa shape index (κ3) is 7.59. The summed E-state index contributed by atoms with van der Waals surface area (Å²) >= 11 is 6.10.